The summed E-state index contributed by atoms with van der Waals surface area (Å²) in [5.41, 5.74) is 3.93. The van der Waals surface area contributed by atoms with Crippen LogP contribution in [0.2, 0.25) is 0 Å². The van der Waals surface area contributed by atoms with E-state index in [1.807, 2.05) is 0 Å². The van der Waals surface area contributed by atoms with Crippen molar-refractivity contribution >= 4 is 39.8 Å². The van der Waals surface area contributed by atoms with E-state index >= 15 is 0 Å². The Kier molecular flexibility index (Phi) is 2.96. The maximum atomic E-state index is 4.50. The van der Waals surface area contributed by atoms with Crippen molar-refractivity contribution in [3.05, 3.63) is 40.8 Å². The monoisotopic (exact) mass is 226 g/mol. The summed E-state index contributed by atoms with van der Waals surface area (Å²) in [6, 6.07) is 8.61. The molecule has 2 rings (SSSR count). The Labute approximate surface area is 92.0 Å². The third-order valence-corrected chi connectivity index (χ3v) is 5.09. The first-order valence-corrected chi connectivity index (χ1v) is 6.84. The van der Waals surface area contributed by atoms with Gasteiger partial charge in [-0.05, 0) is 23.5 Å². The molecule has 0 saturated heterocycles. The summed E-state index contributed by atoms with van der Waals surface area (Å²) < 4.78 is 0.327. The van der Waals surface area contributed by atoms with Gasteiger partial charge in [0.2, 0.25) is 0 Å². The summed E-state index contributed by atoms with van der Waals surface area (Å²) in [6.45, 7) is 2.11. The first-order chi connectivity index (χ1) is 6.27. The maximum Gasteiger partial charge on any atom is 0.0839 e. The minimum absolute atomic E-state index is 0.327. The Morgan fingerprint density at radius 1 is 1.23 bits per heavy atom. The van der Waals surface area contributed by atoms with E-state index in [1.54, 1.807) is 21.6 Å². The predicted octanol–water partition coefficient (Wildman–Crippen LogP) is 3.99. The molecule has 0 aromatic heterocycles. The van der Waals surface area contributed by atoms with Crippen LogP contribution in [0.4, 0.5) is 0 Å². The lowest BCUT2D eigenvalue weighted by atomic mass is 10.1. The van der Waals surface area contributed by atoms with E-state index in [0.29, 0.717) is 4.58 Å². The van der Waals surface area contributed by atoms with Crippen molar-refractivity contribution in [1.82, 2.24) is 0 Å². The van der Waals surface area contributed by atoms with Gasteiger partial charge >= 0.3 is 0 Å². The summed E-state index contributed by atoms with van der Waals surface area (Å²) in [4.78, 5) is 0. The second-order valence-corrected chi connectivity index (χ2v) is 6.10. The van der Waals surface area contributed by atoms with Crippen molar-refractivity contribution in [2.24, 2.45) is 0 Å². The van der Waals surface area contributed by atoms with Gasteiger partial charge in [0.1, 0.15) is 0 Å². The molecule has 0 radical (unpaired) electrons. The second-order valence-electron chi connectivity index (χ2n) is 2.98. The first kappa shape index (κ1) is 9.56. The minimum Gasteiger partial charge on any atom is -0.159 e. The number of hydrogen-bond acceptors (Lipinski definition) is 3. The van der Waals surface area contributed by atoms with Crippen molar-refractivity contribution in [3.8, 4) is 0 Å². The smallest absolute Gasteiger partial charge is 0.0839 e. The van der Waals surface area contributed by atoms with Gasteiger partial charge in [0.15, 0.2) is 0 Å². The average molecular weight is 226 g/mol. The van der Waals surface area contributed by atoms with Gasteiger partial charge in [-0.1, -0.05) is 51.4 Å². The molecule has 1 aliphatic rings. The molecule has 0 spiro atoms. The van der Waals surface area contributed by atoms with Crippen LogP contribution >= 0.6 is 34.2 Å². The van der Waals surface area contributed by atoms with E-state index in [9.17, 15) is 0 Å². The Balaban J connectivity index is 2.30. The first-order valence-electron chi connectivity index (χ1n) is 4.04. The molecule has 1 aliphatic heterocycles. The molecule has 0 amide bonds. The van der Waals surface area contributed by atoms with Crippen LogP contribution in [-0.2, 0) is 0 Å². The summed E-state index contributed by atoms with van der Waals surface area (Å²) >= 11 is 4.50. The van der Waals surface area contributed by atoms with Gasteiger partial charge in [-0.15, -0.1) is 0 Å². The highest BCUT2D eigenvalue weighted by molar-refractivity contribution is 8.80. The normalized spacial score (nSPS) is 21.7. The number of rotatable bonds is 1. The van der Waals surface area contributed by atoms with Crippen LogP contribution in [0, 0.1) is 6.92 Å². The minimum atomic E-state index is 0.327. The topological polar surface area (TPSA) is 0 Å². The second kappa shape index (κ2) is 4.03. The van der Waals surface area contributed by atoms with Crippen LogP contribution < -0.4 is 0 Å². The molecule has 0 N–H and O–H groups in total. The van der Waals surface area contributed by atoms with E-state index in [2.05, 4.69) is 49.2 Å². The molecule has 0 bridgehead atoms. The standard InChI is InChI=1S/C10H10S3/c1-7-2-4-8(5-3-7)9-6-12-13-10(9)11/h2-6,10-11H,1H3. The molecule has 1 atom stereocenters. The molecule has 1 unspecified atom stereocenters. The fourth-order valence-electron chi connectivity index (χ4n) is 1.20. The van der Waals surface area contributed by atoms with Crippen LogP contribution in [0.3, 0.4) is 0 Å². The molecule has 0 saturated carbocycles. The van der Waals surface area contributed by atoms with Crippen LogP contribution in [0.25, 0.3) is 5.57 Å². The van der Waals surface area contributed by atoms with Gasteiger partial charge < -0.3 is 0 Å². The van der Waals surface area contributed by atoms with E-state index in [-0.39, 0.29) is 0 Å². The number of benzene rings is 1. The number of hydrogen-bond donors (Lipinski definition) is 1. The summed E-state index contributed by atoms with van der Waals surface area (Å²) in [7, 11) is 3.56. The molecule has 3 heteroatoms. The van der Waals surface area contributed by atoms with E-state index in [4.69, 9.17) is 0 Å². The van der Waals surface area contributed by atoms with Crippen LogP contribution in [-0.4, -0.2) is 4.58 Å². The lowest BCUT2D eigenvalue weighted by Gasteiger charge is -2.06. The molecule has 68 valence electrons. The third kappa shape index (κ3) is 2.09. The molecule has 1 aromatic rings. The summed E-state index contributed by atoms with van der Waals surface area (Å²) in [5, 5.41) is 2.19. The van der Waals surface area contributed by atoms with E-state index < -0.39 is 0 Å². The van der Waals surface area contributed by atoms with Gasteiger partial charge in [-0.3, -0.25) is 0 Å². The molecule has 0 nitrogen and oxygen atoms in total. The van der Waals surface area contributed by atoms with E-state index in [1.165, 1.54) is 16.7 Å². The average Bonchev–Trinajstić information content (AvgIpc) is 2.53. The summed E-state index contributed by atoms with van der Waals surface area (Å²) in [6.07, 6.45) is 0. The molecular weight excluding hydrogens is 216 g/mol. The van der Waals surface area contributed by atoms with Gasteiger partial charge in [0.25, 0.3) is 0 Å². The molecule has 1 heterocycles. The quantitative estimate of drug-likeness (QED) is 0.568. The maximum absolute atomic E-state index is 4.50. The van der Waals surface area contributed by atoms with Gasteiger partial charge in [-0.2, -0.15) is 12.6 Å². The van der Waals surface area contributed by atoms with Crippen molar-refractivity contribution in [2.45, 2.75) is 11.5 Å². The Bertz CT molecular complexity index is 327. The van der Waals surface area contributed by atoms with Crippen LogP contribution in [0.1, 0.15) is 11.1 Å². The Morgan fingerprint density at radius 2 is 1.92 bits per heavy atom. The molecule has 0 fully saturated rings. The predicted molar refractivity (Wildman–Crippen MR) is 67.1 cm³/mol. The number of aryl methyl sites for hydroxylation is 1. The molecule has 0 aliphatic carbocycles. The third-order valence-electron chi connectivity index (χ3n) is 1.97. The van der Waals surface area contributed by atoms with Gasteiger partial charge in [0.05, 0.1) is 4.58 Å². The van der Waals surface area contributed by atoms with Crippen LogP contribution in [0.5, 0.6) is 0 Å². The Hall–Kier alpha value is 0.01000. The zero-order valence-corrected chi connectivity index (χ0v) is 9.76. The lowest BCUT2D eigenvalue weighted by molar-refractivity contribution is 1.44. The molecule has 1 aromatic carbocycles. The van der Waals surface area contributed by atoms with Crippen molar-refractivity contribution < 1.29 is 0 Å². The fourth-order valence-corrected chi connectivity index (χ4v) is 4.01. The number of thiol groups is 1. The molecular formula is C10H10S3. The zero-order chi connectivity index (χ0) is 9.26. The highest BCUT2D eigenvalue weighted by Crippen LogP contribution is 2.46. The lowest BCUT2D eigenvalue weighted by Crippen LogP contribution is -1.91. The highest BCUT2D eigenvalue weighted by Gasteiger charge is 2.17. The SMILES string of the molecule is Cc1ccc(C2=CSSC2S)cc1. The zero-order valence-electron chi connectivity index (χ0n) is 7.23. The van der Waals surface area contributed by atoms with Crippen molar-refractivity contribution in [3.63, 3.8) is 0 Å². The van der Waals surface area contributed by atoms with Gasteiger partial charge in [-0.25, -0.2) is 0 Å². The van der Waals surface area contributed by atoms with Crippen molar-refractivity contribution in [2.75, 3.05) is 0 Å². The molecule has 13 heavy (non-hydrogen) atoms. The Morgan fingerprint density at radius 3 is 2.46 bits per heavy atom. The highest BCUT2D eigenvalue weighted by atomic mass is 33.1. The van der Waals surface area contributed by atoms with Gasteiger partial charge in [0, 0.05) is 0 Å². The van der Waals surface area contributed by atoms with Crippen LogP contribution in [0.15, 0.2) is 29.7 Å². The van der Waals surface area contributed by atoms with E-state index in [0.717, 1.165) is 0 Å². The summed E-state index contributed by atoms with van der Waals surface area (Å²) in [5.74, 6) is 0. The largest absolute Gasteiger partial charge is 0.159 e. The fraction of sp³-hybridized carbons (Fsp3) is 0.200. The van der Waals surface area contributed by atoms with Crippen molar-refractivity contribution in [1.29, 1.82) is 0 Å².